The van der Waals surface area contributed by atoms with Gasteiger partial charge in [-0.2, -0.15) is 0 Å². The molecule has 1 aromatic carbocycles. The maximum Gasteiger partial charge on any atom is 0.330 e. The first-order valence-electron chi connectivity index (χ1n) is 11.4. The third kappa shape index (κ3) is 4.55. The molecule has 2 aliphatic rings. The van der Waals surface area contributed by atoms with E-state index in [1.807, 2.05) is 18.2 Å². The second-order valence-corrected chi connectivity index (χ2v) is 16.6. The van der Waals surface area contributed by atoms with Gasteiger partial charge in [0.1, 0.15) is 0 Å². The predicted octanol–water partition coefficient (Wildman–Crippen LogP) is 4.93. The Morgan fingerprint density at radius 1 is 1.19 bits per heavy atom. The molecule has 2 heterocycles. The van der Waals surface area contributed by atoms with Crippen LogP contribution >= 0.6 is 11.8 Å². The van der Waals surface area contributed by atoms with E-state index in [9.17, 15) is 9.59 Å². The first-order chi connectivity index (χ1) is 15.0. The lowest BCUT2D eigenvalue weighted by Gasteiger charge is -2.42. The lowest BCUT2D eigenvalue weighted by molar-refractivity contribution is -0.116. The standard InChI is InChI=1S/C24H34N2O4SSi/c1-23(2,3)32(4,5)30-19-12-9-14-24(19)16-18(31-17-10-7-6-8-11-17)21(29-24)26-15-13-20(27)25-22(26)28/h6-8,10-11,13,15,18-19,21H,9,12,14,16H2,1-5H3,(H,25,27,28)/t18-,19+,21-,24+/m1/s1. The van der Waals surface area contributed by atoms with Crippen molar-refractivity contribution in [2.75, 3.05) is 0 Å². The quantitative estimate of drug-likeness (QED) is 0.622. The molecule has 4 atom stereocenters. The average molecular weight is 475 g/mol. The maximum atomic E-state index is 12.7. The number of hydrogen-bond donors (Lipinski definition) is 1. The SMILES string of the molecule is CC(C)(C)[Si](C)(C)O[C@H]1CCC[C@]12C[C@@H](Sc1ccccc1)[C@H](n1ccc(=O)[nH]c1=O)O2. The molecule has 1 aliphatic carbocycles. The van der Waals surface area contributed by atoms with Crippen molar-refractivity contribution in [2.45, 2.75) is 92.7 Å². The molecular weight excluding hydrogens is 440 g/mol. The number of rotatable bonds is 5. The molecule has 0 amide bonds. The summed E-state index contributed by atoms with van der Waals surface area (Å²) in [6.07, 6.45) is 4.87. The second-order valence-electron chi connectivity index (χ2n) is 10.5. The van der Waals surface area contributed by atoms with Gasteiger partial charge in [0, 0.05) is 17.2 Å². The summed E-state index contributed by atoms with van der Waals surface area (Å²) in [5.74, 6) is 0. The van der Waals surface area contributed by atoms with Gasteiger partial charge in [-0.25, -0.2) is 4.79 Å². The van der Waals surface area contributed by atoms with Crippen molar-refractivity contribution in [3.8, 4) is 0 Å². The Balaban J connectivity index is 1.68. The molecule has 32 heavy (non-hydrogen) atoms. The Labute approximate surface area is 194 Å². The fraction of sp³-hybridized carbons (Fsp3) is 0.583. The molecular formula is C24H34N2O4SSi. The van der Waals surface area contributed by atoms with Gasteiger partial charge in [-0.05, 0) is 55.9 Å². The fourth-order valence-electron chi connectivity index (χ4n) is 4.52. The number of hydrogen-bond acceptors (Lipinski definition) is 5. The highest BCUT2D eigenvalue weighted by atomic mass is 32.2. The highest BCUT2D eigenvalue weighted by Crippen LogP contribution is 2.54. The molecule has 4 rings (SSSR count). The van der Waals surface area contributed by atoms with Gasteiger partial charge in [0.05, 0.1) is 17.0 Å². The summed E-state index contributed by atoms with van der Waals surface area (Å²) in [5, 5.41) is 0.146. The molecule has 1 saturated heterocycles. The summed E-state index contributed by atoms with van der Waals surface area (Å²) >= 11 is 1.73. The Kier molecular flexibility index (Phi) is 6.35. The lowest BCUT2D eigenvalue weighted by Crippen LogP contribution is -2.50. The number of aromatic nitrogens is 2. The van der Waals surface area contributed by atoms with Gasteiger partial charge in [0.25, 0.3) is 5.56 Å². The van der Waals surface area contributed by atoms with Crippen LogP contribution in [0.5, 0.6) is 0 Å². The van der Waals surface area contributed by atoms with Gasteiger partial charge >= 0.3 is 5.69 Å². The summed E-state index contributed by atoms with van der Waals surface area (Å²) in [6.45, 7) is 11.3. The van der Waals surface area contributed by atoms with Crippen LogP contribution in [0.1, 0.15) is 52.7 Å². The second kappa shape index (κ2) is 8.63. The van der Waals surface area contributed by atoms with Crippen molar-refractivity contribution in [1.82, 2.24) is 9.55 Å². The Bertz CT molecular complexity index is 1060. The smallest absolute Gasteiger partial charge is 0.330 e. The lowest BCUT2D eigenvalue weighted by atomic mass is 9.96. The third-order valence-electron chi connectivity index (χ3n) is 7.27. The molecule has 0 bridgehead atoms. The topological polar surface area (TPSA) is 73.3 Å². The van der Waals surface area contributed by atoms with E-state index in [1.54, 1.807) is 22.5 Å². The molecule has 0 radical (unpaired) electrons. The van der Waals surface area contributed by atoms with Crippen molar-refractivity contribution >= 4 is 20.1 Å². The molecule has 1 saturated carbocycles. The normalized spacial score (nSPS) is 28.5. The molecule has 2 aromatic rings. The van der Waals surface area contributed by atoms with Crippen LogP contribution in [0.2, 0.25) is 18.1 Å². The van der Waals surface area contributed by atoms with Crippen molar-refractivity contribution in [3.63, 3.8) is 0 Å². The maximum absolute atomic E-state index is 12.7. The Hall–Kier alpha value is -1.61. The fourth-order valence-corrected chi connectivity index (χ4v) is 7.25. The zero-order chi connectivity index (χ0) is 23.1. The van der Waals surface area contributed by atoms with Crippen LogP contribution in [0.4, 0.5) is 0 Å². The number of H-pyrrole nitrogens is 1. The molecule has 6 nitrogen and oxygen atoms in total. The highest BCUT2D eigenvalue weighted by molar-refractivity contribution is 8.00. The zero-order valence-corrected chi connectivity index (χ0v) is 21.4. The summed E-state index contributed by atoms with van der Waals surface area (Å²) in [5.41, 5.74) is -1.24. The number of aromatic amines is 1. The minimum absolute atomic E-state index is 0.0192. The van der Waals surface area contributed by atoms with Gasteiger partial charge in [0.2, 0.25) is 0 Å². The number of thioether (sulfide) groups is 1. The molecule has 2 fully saturated rings. The van der Waals surface area contributed by atoms with E-state index in [1.165, 1.54) is 6.07 Å². The van der Waals surface area contributed by atoms with Crippen LogP contribution in [-0.2, 0) is 9.16 Å². The number of ether oxygens (including phenoxy) is 1. The minimum Gasteiger partial charge on any atom is -0.411 e. The van der Waals surface area contributed by atoms with Gasteiger partial charge in [-0.15, -0.1) is 11.8 Å². The van der Waals surface area contributed by atoms with Gasteiger partial charge < -0.3 is 9.16 Å². The molecule has 8 heteroatoms. The number of nitrogens with one attached hydrogen (secondary N) is 1. The van der Waals surface area contributed by atoms with Crippen molar-refractivity contribution < 1.29 is 9.16 Å². The van der Waals surface area contributed by atoms with E-state index < -0.39 is 31.4 Å². The third-order valence-corrected chi connectivity index (χ3v) is 13.0. The van der Waals surface area contributed by atoms with E-state index in [-0.39, 0.29) is 16.4 Å². The zero-order valence-electron chi connectivity index (χ0n) is 19.6. The van der Waals surface area contributed by atoms with Crippen molar-refractivity contribution in [2.24, 2.45) is 0 Å². The van der Waals surface area contributed by atoms with Crippen LogP contribution in [0.25, 0.3) is 0 Å². The van der Waals surface area contributed by atoms with Crippen LogP contribution in [0, 0.1) is 0 Å². The molecule has 174 valence electrons. The molecule has 1 spiro atoms. The Morgan fingerprint density at radius 3 is 2.56 bits per heavy atom. The molecule has 0 unspecified atom stereocenters. The van der Waals surface area contributed by atoms with Crippen LogP contribution in [0.3, 0.4) is 0 Å². The first kappa shape index (κ1) is 23.5. The van der Waals surface area contributed by atoms with E-state index >= 15 is 0 Å². The van der Waals surface area contributed by atoms with Crippen molar-refractivity contribution in [3.05, 3.63) is 63.4 Å². The van der Waals surface area contributed by atoms with E-state index in [4.69, 9.17) is 9.16 Å². The monoisotopic (exact) mass is 474 g/mol. The van der Waals surface area contributed by atoms with Crippen LogP contribution in [0.15, 0.2) is 57.1 Å². The number of benzene rings is 1. The van der Waals surface area contributed by atoms with E-state index in [0.29, 0.717) is 0 Å². The molecule has 1 aromatic heterocycles. The van der Waals surface area contributed by atoms with E-state index in [2.05, 4.69) is 51.0 Å². The summed E-state index contributed by atoms with van der Waals surface area (Å²) in [7, 11) is -1.98. The summed E-state index contributed by atoms with van der Waals surface area (Å²) < 4.78 is 15.2. The predicted molar refractivity (Wildman–Crippen MR) is 131 cm³/mol. The summed E-state index contributed by atoms with van der Waals surface area (Å²) in [4.78, 5) is 27.8. The van der Waals surface area contributed by atoms with Crippen molar-refractivity contribution in [1.29, 1.82) is 0 Å². The first-order valence-corrected chi connectivity index (χ1v) is 15.2. The average Bonchev–Trinajstić information content (AvgIpc) is 3.25. The highest BCUT2D eigenvalue weighted by Gasteiger charge is 2.56. The molecule has 1 aliphatic heterocycles. The number of nitrogens with zero attached hydrogens (tertiary/aromatic N) is 1. The Morgan fingerprint density at radius 2 is 1.91 bits per heavy atom. The summed E-state index contributed by atoms with van der Waals surface area (Å²) in [6, 6.07) is 11.6. The largest absolute Gasteiger partial charge is 0.411 e. The molecule has 1 N–H and O–H groups in total. The van der Waals surface area contributed by atoms with E-state index in [0.717, 1.165) is 30.6 Å². The van der Waals surface area contributed by atoms with Gasteiger partial charge in [-0.1, -0.05) is 39.0 Å². The van der Waals surface area contributed by atoms with Gasteiger partial charge in [-0.3, -0.25) is 14.3 Å². The minimum atomic E-state index is -1.98. The van der Waals surface area contributed by atoms with Gasteiger partial charge in [0.15, 0.2) is 14.5 Å². The van der Waals surface area contributed by atoms with Crippen LogP contribution in [-0.4, -0.2) is 34.8 Å². The van der Waals surface area contributed by atoms with Crippen LogP contribution < -0.4 is 11.2 Å².